The van der Waals surface area contributed by atoms with E-state index in [2.05, 4.69) is 27.8 Å². The van der Waals surface area contributed by atoms with E-state index in [0.29, 0.717) is 5.52 Å². The number of hydrogen-bond donors (Lipinski definition) is 0. The molecule has 0 fully saturated rings. The second kappa shape index (κ2) is 5.53. The monoisotopic (exact) mass is 327 g/mol. The normalized spacial score (nSPS) is 12.1. The van der Waals surface area contributed by atoms with Gasteiger partial charge in [-0.05, 0) is 59.5 Å². The average Bonchev–Trinajstić information content (AvgIpc) is 2.34. The van der Waals surface area contributed by atoms with Crippen LogP contribution in [0.4, 0.5) is 8.78 Å². The molecule has 0 bridgehead atoms. The fraction of sp³-hybridized carbons (Fsp3) is 0.400. The van der Waals surface area contributed by atoms with Crippen molar-refractivity contribution in [2.75, 3.05) is 0 Å². The standard InChI is InChI=1S/C15H16BrF2N/c1-3-4-5-11-9-14(15(16,17)18)19-13-7-6-10(2)8-12(11)13/h6-9H,3-5H2,1-2H3. The fourth-order valence-electron chi connectivity index (χ4n) is 2.13. The van der Waals surface area contributed by atoms with E-state index in [-0.39, 0.29) is 5.69 Å². The third-order valence-corrected chi connectivity index (χ3v) is 3.55. The zero-order chi connectivity index (χ0) is 14.0. The molecule has 0 saturated heterocycles. The van der Waals surface area contributed by atoms with Crippen LogP contribution in [0.25, 0.3) is 10.9 Å². The van der Waals surface area contributed by atoms with Gasteiger partial charge in [0.1, 0.15) is 5.69 Å². The third kappa shape index (κ3) is 3.30. The van der Waals surface area contributed by atoms with Gasteiger partial charge in [-0.1, -0.05) is 25.0 Å². The first kappa shape index (κ1) is 14.4. The third-order valence-electron chi connectivity index (χ3n) is 3.14. The number of aromatic nitrogens is 1. The smallest absolute Gasteiger partial charge is 0.245 e. The molecule has 2 rings (SSSR count). The highest BCUT2D eigenvalue weighted by molar-refractivity contribution is 9.09. The van der Waals surface area contributed by atoms with Crippen LogP contribution in [0.15, 0.2) is 24.3 Å². The van der Waals surface area contributed by atoms with Crippen molar-refractivity contribution >= 4 is 26.8 Å². The maximum absolute atomic E-state index is 13.4. The molecule has 0 radical (unpaired) electrons. The summed E-state index contributed by atoms with van der Waals surface area (Å²) in [5.41, 5.74) is 2.48. The van der Waals surface area contributed by atoms with Crippen LogP contribution >= 0.6 is 15.9 Å². The molecule has 19 heavy (non-hydrogen) atoms. The molecule has 0 saturated carbocycles. The Bertz CT molecular complexity index is 590. The first-order valence-corrected chi connectivity index (χ1v) is 7.18. The molecular weight excluding hydrogens is 312 g/mol. The number of aryl methyl sites for hydroxylation is 2. The van der Waals surface area contributed by atoms with Crippen molar-refractivity contribution in [3.8, 4) is 0 Å². The lowest BCUT2D eigenvalue weighted by Gasteiger charge is -2.13. The summed E-state index contributed by atoms with van der Waals surface area (Å²) in [4.78, 5) is 0.983. The number of halogens is 3. The molecule has 1 heterocycles. The SMILES string of the molecule is CCCCc1cc(C(F)(F)Br)nc2ccc(C)cc12. The summed E-state index contributed by atoms with van der Waals surface area (Å²) in [6.07, 6.45) is 2.82. The Hall–Kier alpha value is -1.03. The van der Waals surface area contributed by atoms with Crippen molar-refractivity contribution < 1.29 is 8.78 Å². The number of rotatable bonds is 4. The number of alkyl halides is 3. The number of benzene rings is 1. The van der Waals surface area contributed by atoms with Crippen molar-refractivity contribution in [2.24, 2.45) is 0 Å². The van der Waals surface area contributed by atoms with Crippen LogP contribution in [0.2, 0.25) is 0 Å². The molecule has 0 aliphatic rings. The number of nitrogens with zero attached hydrogens (tertiary/aromatic N) is 1. The molecule has 102 valence electrons. The molecule has 1 nitrogen and oxygen atoms in total. The molecule has 0 amide bonds. The van der Waals surface area contributed by atoms with Gasteiger partial charge in [0.05, 0.1) is 5.52 Å². The summed E-state index contributed by atoms with van der Waals surface area (Å²) in [7, 11) is 0. The Labute approximate surface area is 120 Å². The molecule has 0 atom stereocenters. The second-order valence-electron chi connectivity index (χ2n) is 4.79. The van der Waals surface area contributed by atoms with Crippen LogP contribution in [-0.2, 0) is 11.3 Å². The first-order valence-electron chi connectivity index (χ1n) is 6.39. The quantitative estimate of drug-likeness (QED) is 0.691. The molecule has 0 N–H and O–H groups in total. The minimum Gasteiger partial charge on any atom is -0.245 e. The van der Waals surface area contributed by atoms with Crippen molar-refractivity contribution in [3.05, 3.63) is 41.1 Å². The van der Waals surface area contributed by atoms with E-state index in [4.69, 9.17) is 0 Å². The molecule has 0 aliphatic heterocycles. The van der Waals surface area contributed by atoms with E-state index in [9.17, 15) is 8.78 Å². The van der Waals surface area contributed by atoms with Gasteiger partial charge in [0.25, 0.3) is 0 Å². The van der Waals surface area contributed by atoms with Crippen molar-refractivity contribution in [1.82, 2.24) is 4.98 Å². The minimum absolute atomic E-state index is 0.213. The molecular formula is C15H16BrF2N. The van der Waals surface area contributed by atoms with Crippen molar-refractivity contribution in [1.29, 1.82) is 0 Å². The maximum Gasteiger partial charge on any atom is 0.343 e. The van der Waals surface area contributed by atoms with Crippen LogP contribution < -0.4 is 0 Å². The Morgan fingerprint density at radius 2 is 2.00 bits per heavy atom. The van der Waals surface area contributed by atoms with Gasteiger partial charge >= 0.3 is 4.83 Å². The van der Waals surface area contributed by atoms with Crippen LogP contribution in [0.3, 0.4) is 0 Å². The van der Waals surface area contributed by atoms with E-state index in [1.807, 2.05) is 25.1 Å². The zero-order valence-corrected chi connectivity index (χ0v) is 12.6. The lowest BCUT2D eigenvalue weighted by atomic mass is 10.0. The van der Waals surface area contributed by atoms with Crippen LogP contribution in [0, 0.1) is 6.92 Å². The molecule has 1 aromatic carbocycles. The van der Waals surface area contributed by atoms with Gasteiger partial charge in [-0.3, -0.25) is 0 Å². The van der Waals surface area contributed by atoms with Gasteiger partial charge in [-0.15, -0.1) is 0 Å². The predicted octanol–water partition coefficient (Wildman–Crippen LogP) is 5.33. The molecule has 0 spiro atoms. The summed E-state index contributed by atoms with van der Waals surface area (Å²) in [5, 5.41) is 0.981. The van der Waals surface area contributed by atoms with Gasteiger partial charge in [0.2, 0.25) is 0 Å². The molecule has 0 unspecified atom stereocenters. The lowest BCUT2D eigenvalue weighted by molar-refractivity contribution is 0.109. The maximum atomic E-state index is 13.4. The predicted molar refractivity (Wildman–Crippen MR) is 77.9 cm³/mol. The number of hydrogen-bond acceptors (Lipinski definition) is 1. The largest absolute Gasteiger partial charge is 0.343 e. The average molecular weight is 328 g/mol. The van der Waals surface area contributed by atoms with E-state index in [1.165, 1.54) is 6.07 Å². The van der Waals surface area contributed by atoms with Crippen molar-refractivity contribution in [3.63, 3.8) is 0 Å². The van der Waals surface area contributed by atoms with Crippen molar-refractivity contribution in [2.45, 2.75) is 37.9 Å². The minimum atomic E-state index is -3.08. The highest BCUT2D eigenvalue weighted by atomic mass is 79.9. The summed E-state index contributed by atoms with van der Waals surface area (Å²) in [6.45, 7) is 4.09. The topological polar surface area (TPSA) is 12.9 Å². The summed E-state index contributed by atoms with van der Waals surface area (Å²) in [5.74, 6) is 0. The van der Waals surface area contributed by atoms with Gasteiger partial charge in [0, 0.05) is 5.39 Å². The van der Waals surface area contributed by atoms with Crippen LogP contribution in [0.1, 0.15) is 36.6 Å². The number of pyridine rings is 1. The summed E-state index contributed by atoms with van der Waals surface area (Å²) < 4.78 is 26.8. The fourth-order valence-corrected chi connectivity index (χ4v) is 2.33. The molecule has 0 aliphatic carbocycles. The van der Waals surface area contributed by atoms with Gasteiger partial charge in [-0.2, -0.15) is 8.78 Å². The summed E-state index contributed by atoms with van der Waals surface area (Å²) in [6, 6.07) is 7.24. The number of unbranched alkanes of at least 4 members (excludes halogenated alkanes) is 1. The van der Waals surface area contributed by atoms with Gasteiger partial charge in [0.15, 0.2) is 0 Å². The molecule has 1 aromatic heterocycles. The highest BCUT2D eigenvalue weighted by Crippen LogP contribution is 2.35. The van der Waals surface area contributed by atoms with E-state index < -0.39 is 4.83 Å². The Morgan fingerprint density at radius 1 is 1.26 bits per heavy atom. The molecule has 2 aromatic rings. The zero-order valence-electron chi connectivity index (χ0n) is 11.0. The highest BCUT2D eigenvalue weighted by Gasteiger charge is 2.29. The van der Waals surface area contributed by atoms with E-state index in [1.54, 1.807) is 0 Å². The second-order valence-corrected chi connectivity index (χ2v) is 5.78. The molecule has 4 heteroatoms. The Balaban J connectivity index is 2.62. The van der Waals surface area contributed by atoms with Gasteiger partial charge in [-0.25, -0.2) is 4.98 Å². The van der Waals surface area contributed by atoms with Crippen LogP contribution in [0.5, 0.6) is 0 Å². The lowest BCUT2D eigenvalue weighted by Crippen LogP contribution is -2.07. The Morgan fingerprint density at radius 3 is 2.63 bits per heavy atom. The first-order chi connectivity index (χ1) is 8.91. The Kier molecular flexibility index (Phi) is 4.19. The van der Waals surface area contributed by atoms with Gasteiger partial charge < -0.3 is 0 Å². The van der Waals surface area contributed by atoms with E-state index >= 15 is 0 Å². The van der Waals surface area contributed by atoms with Crippen LogP contribution in [-0.4, -0.2) is 4.98 Å². The number of fused-ring (bicyclic) bond motifs is 1. The van der Waals surface area contributed by atoms with E-state index in [0.717, 1.165) is 35.8 Å². The summed E-state index contributed by atoms with van der Waals surface area (Å²) >= 11 is 2.39.